The molecule has 0 saturated heterocycles. The lowest BCUT2D eigenvalue weighted by Gasteiger charge is -2.36. The van der Waals surface area contributed by atoms with Gasteiger partial charge < -0.3 is 20.2 Å². The van der Waals surface area contributed by atoms with E-state index >= 15 is 0 Å². The van der Waals surface area contributed by atoms with Crippen LogP contribution < -0.4 is 10.6 Å². The first-order valence-electron chi connectivity index (χ1n) is 10.6. The Morgan fingerprint density at radius 1 is 0.971 bits per heavy atom. The summed E-state index contributed by atoms with van der Waals surface area (Å²) >= 11 is 0. The number of aromatic nitrogens is 2. The van der Waals surface area contributed by atoms with E-state index in [4.69, 9.17) is 4.42 Å². The molecule has 1 saturated carbocycles. The van der Waals surface area contributed by atoms with Gasteiger partial charge in [-0.3, -0.25) is 9.59 Å². The number of amides is 1. The molecule has 8 nitrogen and oxygen atoms in total. The number of carboxylic acids is 1. The molecule has 34 heavy (non-hydrogen) atoms. The van der Waals surface area contributed by atoms with Crippen LogP contribution in [0.15, 0.2) is 40.8 Å². The summed E-state index contributed by atoms with van der Waals surface area (Å²) in [5, 5.41) is 21.4. The maximum Gasteiger partial charge on any atom is 0.320 e. The second-order valence-electron chi connectivity index (χ2n) is 8.23. The fourth-order valence-electron chi connectivity index (χ4n) is 4.28. The molecule has 1 fully saturated rings. The maximum atomic E-state index is 13.8. The third kappa shape index (κ3) is 5.03. The molecule has 4 rings (SSSR count). The first kappa shape index (κ1) is 23.3. The van der Waals surface area contributed by atoms with E-state index in [9.17, 15) is 27.9 Å². The Balaban J connectivity index is 1.44. The van der Waals surface area contributed by atoms with Gasteiger partial charge in [0.05, 0.1) is 12.1 Å². The van der Waals surface area contributed by atoms with E-state index in [1.54, 1.807) is 24.3 Å². The predicted octanol–water partition coefficient (Wildman–Crippen LogP) is 5.16. The largest absolute Gasteiger partial charge is 0.481 e. The van der Waals surface area contributed by atoms with Crippen LogP contribution in [-0.2, 0) is 10.2 Å². The van der Waals surface area contributed by atoms with Gasteiger partial charge in [0.25, 0.3) is 0 Å². The monoisotopic (exact) mass is 474 g/mol. The molecule has 0 spiro atoms. The number of benzene rings is 2. The standard InChI is InChI=1S/C23H21F3N4O4/c24-15-10-17(26)18(11-16(15)25)28-22-30-29-21(34-22)20(33)27-14-6-4-13(5-7-14)23(12-19(31)32)8-2-1-3-9-23/h4-7,10-11H,1-3,8-9,12H2,(H,27,33)(H,28,30)(H,31,32). The Kier molecular flexibility index (Phi) is 6.53. The van der Waals surface area contributed by atoms with E-state index in [1.807, 2.05) is 0 Å². The van der Waals surface area contributed by atoms with Gasteiger partial charge in [0.15, 0.2) is 11.6 Å². The van der Waals surface area contributed by atoms with Crippen LogP contribution in [0.5, 0.6) is 0 Å². The molecule has 1 aliphatic carbocycles. The van der Waals surface area contributed by atoms with Gasteiger partial charge in [-0.25, -0.2) is 13.2 Å². The van der Waals surface area contributed by atoms with Gasteiger partial charge in [0, 0.05) is 23.2 Å². The van der Waals surface area contributed by atoms with Crippen molar-refractivity contribution in [1.29, 1.82) is 0 Å². The summed E-state index contributed by atoms with van der Waals surface area (Å²) in [6, 6.07) is 7.49. The normalized spacial score (nSPS) is 15.0. The third-order valence-corrected chi connectivity index (χ3v) is 5.93. The molecule has 0 bridgehead atoms. The Hall–Kier alpha value is -3.89. The van der Waals surface area contributed by atoms with E-state index in [1.165, 1.54) is 0 Å². The summed E-state index contributed by atoms with van der Waals surface area (Å²) in [6.07, 6.45) is 4.65. The van der Waals surface area contributed by atoms with Crippen molar-refractivity contribution in [3.63, 3.8) is 0 Å². The lowest BCUT2D eigenvalue weighted by Crippen LogP contribution is -2.31. The van der Waals surface area contributed by atoms with Gasteiger partial charge in [-0.2, -0.15) is 0 Å². The molecule has 0 atom stereocenters. The first-order chi connectivity index (χ1) is 16.3. The summed E-state index contributed by atoms with van der Waals surface area (Å²) in [5.74, 6) is -5.73. The molecular formula is C23H21F3N4O4. The van der Waals surface area contributed by atoms with Crippen molar-refractivity contribution in [1.82, 2.24) is 10.2 Å². The number of aliphatic carboxylic acids is 1. The maximum absolute atomic E-state index is 13.8. The second kappa shape index (κ2) is 9.54. The highest BCUT2D eigenvalue weighted by atomic mass is 19.2. The third-order valence-electron chi connectivity index (χ3n) is 5.93. The lowest BCUT2D eigenvalue weighted by atomic mass is 9.67. The fraction of sp³-hybridized carbons (Fsp3) is 0.304. The summed E-state index contributed by atoms with van der Waals surface area (Å²) in [6.45, 7) is 0. The number of rotatable bonds is 7. The van der Waals surface area contributed by atoms with Crippen molar-refractivity contribution in [3.8, 4) is 0 Å². The van der Waals surface area contributed by atoms with Gasteiger partial charge in [-0.15, -0.1) is 5.10 Å². The van der Waals surface area contributed by atoms with Crippen LogP contribution in [0.2, 0.25) is 0 Å². The molecule has 0 aliphatic heterocycles. The molecule has 1 amide bonds. The highest BCUT2D eigenvalue weighted by Gasteiger charge is 2.36. The van der Waals surface area contributed by atoms with Crippen LogP contribution in [0.1, 0.15) is 54.8 Å². The molecule has 1 heterocycles. The van der Waals surface area contributed by atoms with E-state index in [0.29, 0.717) is 17.8 Å². The van der Waals surface area contributed by atoms with Gasteiger partial charge in [0.2, 0.25) is 0 Å². The van der Waals surface area contributed by atoms with Crippen LogP contribution >= 0.6 is 0 Å². The Morgan fingerprint density at radius 3 is 2.32 bits per heavy atom. The molecule has 2 aromatic carbocycles. The molecule has 11 heteroatoms. The number of carbonyl (C=O) groups excluding carboxylic acids is 1. The molecule has 1 aliphatic rings. The van der Waals surface area contributed by atoms with Crippen molar-refractivity contribution in [2.75, 3.05) is 10.6 Å². The van der Waals surface area contributed by atoms with Gasteiger partial charge in [-0.1, -0.05) is 36.5 Å². The number of hydrogen-bond donors (Lipinski definition) is 3. The summed E-state index contributed by atoms with van der Waals surface area (Å²) < 4.78 is 45.3. The molecule has 0 unspecified atom stereocenters. The van der Waals surface area contributed by atoms with Gasteiger partial charge in [0.1, 0.15) is 5.82 Å². The van der Waals surface area contributed by atoms with Crippen molar-refractivity contribution in [2.45, 2.75) is 43.9 Å². The zero-order chi connectivity index (χ0) is 24.3. The van der Waals surface area contributed by atoms with Crippen LogP contribution in [0.4, 0.5) is 30.6 Å². The quantitative estimate of drug-likeness (QED) is 0.405. The minimum Gasteiger partial charge on any atom is -0.481 e. The van der Waals surface area contributed by atoms with E-state index in [-0.39, 0.29) is 6.42 Å². The molecule has 178 valence electrons. The topological polar surface area (TPSA) is 117 Å². The van der Waals surface area contributed by atoms with Crippen LogP contribution in [-0.4, -0.2) is 27.2 Å². The van der Waals surface area contributed by atoms with Gasteiger partial charge in [-0.05, 0) is 30.5 Å². The fourth-order valence-corrected chi connectivity index (χ4v) is 4.28. The van der Waals surface area contributed by atoms with Crippen molar-refractivity contribution in [3.05, 3.63) is 65.3 Å². The number of carbonyl (C=O) groups is 2. The number of hydrogen-bond acceptors (Lipinski definition) is 6. The Labute approximate surface area is 192 Å². The first-order valence-corrected chi connectivity index (χ1v) is 10.6. The van der Waals surface area contributed by atoms with Crippen LogP contribution in [0.3, 0.4) is 0 Å². The minimum absolute atomic E-state index is 0.0506. The molecule has 3 aromatic rings. The van der Waals surface area contributed by atoms with E-state index < -0.39 is 52.3 Å². The molecule has 3 N–H and O–H groups in total. The van der Waals surface area contributed by atoms with Crippen LogP contribution in [0.25, 0.3) is 0 Å². The summed E-state index contributed by atoms with van der Waals surface area (Å²) in [7, 11) is 0. The van der Waals surface area contributed by atoms with E-state index in [2.05, 4.69) is 20.8 Å². The summed E-state index contributed by atoms with van der Waals surface area (Å²) in [4.78, 5) is 23.9. The second-order valence-corrected chi connectivity index (χ2v) is 8.23. The summed E-state index contributed by atoms with van der Waals surface area (Å²) in [5.41, 5.74) is 0.470. The van der Waals surface area contributed by atoms with Crippen LogP contribution in [0, 0.1) is 17.5 Å². The Morgan fingerprint density at radius 2 is 1.65 bits per heavy atom. The lowest BCUT2D eigenvalue weighted by molar-refractivity contribution is -0.138. The number of nitrogens with zero attached hydrogens (tertiary/aromatic N) is 2. The highest BCUT2D eigenvalue weighted by molar-refractivity contribution is 6.00. The average molecular weight is 474 g/mol. The smallest absolute Gasteiger partial charge is 0.320 e. The molecule has 1 aromatic heterocycles. The van der Waals surface area contributed by atoms with Crippen molar-refractivity contribution >= 4 is 29.3 Å². The number of halogens is 3. The predicted molar refractivity (Wildman–Crippen MR) is 115 cm³/mol. The molecule has 0 radical (unpaired) electrons. The number of carboxylic acid groups (broad SMARTS) is 1. The van der Waals surface area contributed by atoms with E-state index in [0.717, 1.165) is 37.7 Å². The minimum atomic E-state index is -1.35. The van der Waals surface area contributed by atoms with Crippen molar-refractivity contribution in [2.24, 2.45) is 0 Å². The highest BCUT2D eigenvalue weighted by Crippen LogP contribution is 2.42. The number of nitrogens with one attached hydrogen (secondary N) is 2. The SMILES string of the molecule is O=C(O)CC1(c2ccc(NC(=O)c3nnc(Nc4cc(F)c(F)cc4F)o3)cc2)CCCCC1. The Bertz CT molecular complexity index is 1210. The zero-order valence-electron chi connectivity index (χ0n) is 17.9. The zero-order valence-corrected chi connectivity index (χ0v) is 17.9. The van der Waals surface area contributed by atoms with Gasteiger partial charge >= 0.3 is 23.8 Å². The number of anilines is 3. The average Bonchev–Trinajstić information content (AvgIpc) is 3.27. The van der Waals surface area contributed by atoms with Crippen molar-refractivity contribution < 1.29 is 32.3 Å². The molecular weight excluding hydrogens is 453 g/mol.